The summed E-state index contributed by atoms with van der Waals surface area (Å²) in [6.07, 6.45) is 71.9. The molecule has 0 saturated carbocycles. The first-order valence-corrected chi connectivity index (χ1v) is 31.9. The van der Waals surface area contributed by atoms with Crippen LogP contribution in [-0.2, 0) is 33.3 Å². The zero-order valence-corrected chi connectivity index (χ0v) is 50.4. The summed E-state index contributed by atoms with van der Waals surface area (Å²) in [6.45, 7) is 4.58. The second-order valence-electron chi connectivity index (χ2n) is 22.7. The molecular formula is C67H121NO8. The van der Waals surface area contributed by atoms with Crippen molar-refractivity contribution in [3.8, 4) is 0 Å². The lowest BCUT2D eigenvalue weighted by Gasteiger charge is -2.26. The third kappa shape index (κ3) is 58.7. The summed E-state index contributed by atoms with van der Waals surface area (Å²) in [5.74, 6) is -2.28. The number of nitrogens with zero attached hydrogens (tertiary/aromatic N) is 1. The zero-order chi connectivity index (χ0) is 55.5. The monoisotopic (exact) mass is 1070 g/mol. The van der Waals surface area contributed by atoms with E-state index in [1.165, 1.54) is 173 Å². The Hall–Kier alpha value is -3.01. The van der Waals surface area contributed by atoms with Crippen LogP contribution in [0.4, 0.5) is 0 Å². The maximum Gasteiger partial charge on any atom is 0.306 e. The van der Waals surface area contributed by atoms with E-state index in [4.69, 9.17) is 18.9 Å². The average molecular weight is 1070 g/mol. The van der Waals surface area contributed by atoms with Gasteiger partial charge in [-0.05, 0) is 70.6 Å². The van der Waals surface area contributed by atoms with Crippen LogP contribution in [0.2, 0.25) is 0 Å². The Morgan fingerprint density at radius 1 is 0.408 bits per heavy atom. The number of allylic oxidation sites excluding steroid dienone is 10. The SMILES string of the molecule is CC/C=C\C/C=C\C/C=C\C/C=C\CCCCCCCCCCCCCCCCCCCCCCCCCCCCCCC(=O)OC(COC(=O)CCCCCCC/C=C\CCC)COC(OCC[N+](C)(C)C)C(=O)[O-]. The van der Waals surface area contributed by atoms with Gasteiger partial charge >= 0.3 is 11.9 Å². The number of carbonyl (C=O) groups excluding carboxylic acids is 3. The fourth-order valence-corrected chi connectivity index (χ4v) is 9.12. The van der Waals surface area contributed by atoms with E-state index in [0.29, 0.717) is 17.4 Å². The molecule has 0 fully saturated rings. The van der Waals surface area contributed by atoms with E-state index in [9.17, 15) is 19.5 Å². The van der Waals surface area contributed by atoms with Crippen LogP contribution in [0.25, 0.3) is 0 Å². The Morgan fingerprint density at radius 2 is 0.750 bits per heavy atom. The highest BCUT2D eigenvalue weighted by molar-refractivity contribution is 5.70. The third-order valence-corrected chi connectivity index (χ3v) is 14.0. The van der Waals surface area contributed by atoms with Gasteiger partial charge in [0, 0.05) is 12.8 Å². The summed E-state index contributed by atoms with van der Waals surface area (Å²) in [7, 11) is 5.92. The lowest BCUT2D eigenvalue weighted by atomic mass is 10.0. The van der Waals surface area contributed by atoms with Crippen LogP contribution in [0, 0.1) is 0 Å². The fraction of sp³-hybridized carbons (Fsp3) is 0.806. The number of hydrogen-bond acceptors (Lipinski definition) is 8. The Bertz CT molecular complexity index is 1430. The number of unbranched alkanes of at least 4 members (excludes halogenated alkanes) is 34. The van der Waals surface area contributed by atoms with Gasteiger partial charge in [-0.3, -0.25) is 9.59 Å². The highest BCUT2D eigenvalue weighted by atomic mass is 16.7. The van der Waals surface area contributed by atoms with Crippen molar-refractivity contribution in [3.05, 3.63) is 60.8 Å². The minimum absolute atomic E-state index is 0.148. The lowest BCUT2D eigenvalue weighted by molar-refractivity contribution is -0.870. The van der Waals surface area contributed by atoms with Crippen LogP contribution in [0.5, 0.6) is 0 Å². The van der Waals surface area contributed by atoms with Crippen LogP contribution in [0.1, 0.15) is 290 Å². The largest absolute Gasteiger partial charge is 0.545 e. The van der Waals surface area contributed by atoms with Gasteiger partial charge in [0.1, 0.15) is 13.2 Å². The van der Waals surface area contributed by atoms with Crippen molar-refractivity contribution in [3.63, 3.8) is 0 Å². The summed E-state index contributed by atoms with van der Waals surface area (Å²) in [4.78, 5) is 37.1. The van der Waals surface area contributed by atoms with Crippen molar-refractivity contribution in [2.24, 2.45) is 0 Å². The minimum atomic E-state index is -1.62. The molecular weight excluding hydrogens is 947 g/mol. The summed E-state index contributed by atoms with van der Waals surface area (Å²) >= 11 is 0. The second kappa shape index (κ2) is 58.1. The molecule has 0 saturated heterocycles. The van der Waals surface area contributed by atoms with Crippen LogP contribution in [-0.4, -0.2) is 82.3 Å². The molecule has 2 unspecified atom stereocenters. The predicted octanol–water partition coefficient (Wildman–Crippen LogP) is 17.9. The van der Waals surface area contributed by atoms with Crippen LogP contribution >= 0.6 is 0 Å². The molecule has 9 heteroatoms. The summed E-state index contributed by atoms with van der Waals surface area (Å²) < 4.78 is 22.6. The van der Waals surface area contributed by atoms with Crippen molar-refractivity contribution in [2.45, 2.75) is 302 Å². The summed E-state index contributed by atoms with van der Waals surface area (Å²) in [5, 5.41) is 11.7. The Balaban J connectivity index is 3.84. The predicted molar refractivity (Wildman–Crippen MR) is 320 cm³/mol. The van der Waals surface area contributed by atoms with Crippen molar-refractivity contribution < 1.29 is 42.9 Å². The van der Waals surface area contributed by atoms with E-state index < -0.39 is 24.3 Å². The van der Waals surface area contributed by atoms with Gasteiger partial charge < -0.3 is 33.3 Å². The number of carboxylic acids is 1. The molecule has 442 valence electrons. The van der Waals surface area contributed by atoms with E-state index in [1.54, 1.807) is 0 Å². The van der Waals surface area contributed by atoms with Crippen LogP contribution in [0.15, 0.2) is 60.8 Å². The van der Waals surface area contributed by atoms with Crippen LogP contribution < -0.4 is 5.11 Å². The van der Waals surface area contributed by atoms with Gasteiger partial charge in [-0.1, -0.05) is 267 Å². The van der Waals surface area contributed by atoms with Gasteiger partial charge in [0.2, 0.25) is 0 Å². The first-order chi connectivity index (χ1) is 37.1. The molecule has 0 radical (unpaired) electrons. The summed E-state index contributed by atoms with van der Waals surface area (Å²) in [6, 6.07) is 0. The quantitative estimate of drug-likeness (QED) is 0.0195. The molecule has 0 amide bonds. The van der Waals surface area contributed by atoms with Crippen molar-refractivity contribution in [1.82, 2.24) is 0 Å². The molecule has 0 spiro atoms. The van der Waals surface area contributed by atoms with E-state index in [-0.39, 0.29) is 38.6 Å². The smallest absolute Gasteiger partial charge is 0.306 e. The first-order valence-electron chi connectivity index (χ1n) is 31.9. The van der Waals surface area contributed by atoms with Gasteiger partial charge in [-0.2, -0.15) is 0 Å². The third-order valence-electron chi connectivity index (χ3n) is 14.0. The van der Waals surface area contributed by atoms with Gasteiger partial charge in [-0.25, -0.2) is 0 Å². The van der Waals surface area contributed by atoms with Crippen molar-refractivity contribution in [1.29, 1.82) is 0 Å². The molecule has 0 N–H and O–H groups in total. The molecule has 2 atom stereocenters. The number of esters is 2. The maximum absolute atomic E-state index is 12.8. The minimum Gasteiger partial charge on any atom is -0.545 e. The molecule has 0 aliphatic rings. The molecule has 0 aromatic carbocycles. The molecule has 76 heavy (non-hydrogen) atoms. The van der Waals surface area contributed by atoms with E-state index in [1.807, 2.05) is 21.1 Å². The molecule has 0 bridgehead atoms. The Morgan fingerprint density at radius 3 is 1.13 bits per heavy atom. The van der Waals surface area contributed by atoms with Crippen molar-refractivity contribution in [2.75, 3.05) is 47.5 Å². The van der Waals surface area contributed by atoms with Crippen molar-refractivity contribution >= 4 is 17.9 Å². The van der Waals surface area contributed by atoms with E-state index in [2.05, 4.69) is 74.6 Å². The standard InChI is InChI=1S/C67H121NO8/c1-6-8-10-12-14-16-18-19-20-21-22-23-24-25-26-27-28-29-30-31-32-33-34-35-36-37-38-39-40-41-42-43-44-45-46-47-48-50-52-54-56-58-65(70)76-63(62-75-67(66(71)72)73-60-59-68(3,4)5)61-74-64(69)57-55-53-51-49-17-15-13-11-9-7-2/h8,10-11,13-14,16,19-20,22-23,63,67H,6-7,9,12,15,17-18,21,24-62H2,1-5H3/b10-8-,13-11-,16-14-,20-19-,23-22-. The number of aliphatic carboxylic acids is 1. The number of quaternary nitrogens is 1. The normalized spacial score (nSPS) is 13.1. The Labute approximate surface area is 469 Å². The molecule has 0 heterocycles. The Kier molecular flexibility index (Phi) is 55.8. The van der Waals surface area contributed by atoms with Gasteiger partial charge in [0.05, 0.1) is 40.3 Å². The van der Waals surface area contributed by atoms with Gasteiger partial charge in [-0.15, -0.1) is 0 Å². The number of likely N-dealkylation sites (N-methyl/N-ethyl adjacent to an activating group) is 1. The molecule has 0 aromatic rings. The molecule has 0 aliphatic heterocycles. The lowest BCUT2D eigenvalue weighted by Crippen LogP contribution is -2.44. The molecule has 9 nitrogen and oxygen atoms in total. The van der Waals surface area contributed by atoms with Gasteiger partial charge in [0.25, 0.3) is 0 Å². The second-order valence-corrected chi connectivity index (χ2v) is 22.7. The number of carbonyl (C=O) groups is 3. The number of carboxylic acid groups (broad SMARTS) is 1. The highest BCUT2D eigenvalue weighted by Crippen LogP contribution is 2.18. The fourth-order valence-electron chi connectivity index (χ4n) is 9.12. The zero-order valence-electron chi connectivity index (χ0n) is 50.4. The van der Waals surface area contributed by atoms with Gasteiger partial charge in [0.15, 0.2) is 12.4 Å². The molecule has 0 aliphatic carbocycles. The average Bonchev–Trinajstić information content (AvgIpc) is 3.39. The van der Waals surface area contributed by atoms with E-state index in [0.717, 1.165) is 83.5 Å². The van der Waals surface area contributed by atoms with Crippen LogP contribution in [0.3, 0.4) is 0 Å². The maximum atomic E-state index is 12.8. The van der Waals surface area contributed by atoms with E-state index >= 15 is 0 Å². The first kappa shape index (κ1) is 73.0. The topological polar surface area (TPSA) is 111 Å². The summed E-state index contributed by atoms with van der Waals surface area (Å²) in [5.41, 5.74) is 0. The number of rotatable bonds is 59. The molecule has 0 rings (SSSR count). The highest BCUT2D eigenvalue weighted by Gasteiger charge is 2.22. The molecule has 0 aromatic heterocycles. The number of hydrogen-bond donors (Lipinski definition) is 0. The number of ether oxygens (including phenoxy) is 4.